The second-order valence-corrected chi connectivity index (χ2v) is 6.42. The molecule has 0 saturated heterocycles. The maximum atomic E-state index is 12.5. The minimum Gasteiger partial charge on any atom is -0.496 e. The molecule has 4 aromatic rings. The van der Waals surface area contributed by atoms with Crippen molar-refractivity contribution in [3.63, 3.8) is 0 Å². The lowest BCUT2D eigenvalue weighted by molar-refractivity contribution is 0.0918. The number of para-hydroxylation sites is 1. The van der Waals surface area contributed by atoms with Crippen molar-refractivity contribution in [3.8, 4) is 22.6 Å². The summed E-state index contributed by atoms with van der Waals surface area (Å²) in [6, 6.07) is 23.3. The molecule has 0 aliphatic rings. The fourth-order valence-electron chi connectivity index (χ4n) is 3.19. The molecule has 0 saturated carbocycles. The fraction of sp³-hybridized carbons (Fsp3) is 0.0833. The number of benzene rings is 3. The second-order valence-electron chi connectivity index (χ2n) is 6.42. The number of Topliss-reactive ketones (excluding diaryl/α,β-unsaturated/α-hetero) is 1. The molecule has 0 aliphatic heterocycles. The Morgan fingerprint density at radius 1 is 0.931 bits per heavy atom. The Bertz CT molecular complexity index is 1220. The van der Waals surface area contributed by atoms with Crippen molar-refractivity contribution in [3.05, 3.63) is 94.8 Å². The Morgan fingerprint density at radius 3 is 2.48 bits per heavy atom. The molecule has 144 valence electrons. The lowest BCUT2D eigenvalue weighted by Gasteiger charge is -2.10. The van der Waals surface area contributed by atoms with Gasteiger partial charge in [0.25, 0.3) is 0 Å². The van der Waals surface area contributed by atoms with Crippen LogP contribution in [0.5, 0.6) is 11.5 Å². The van der Waals surface area contributed by atoms with Crippen LogP contribution < -0.4 is 15.1 Å². The van der Waals surface area contributed by atoms with Crippen molar-refractivity contribution < 1.29 is 18.7 Å². The van der Waals surface area contributed by atoms with Gasteiger partial charge in [0.05, 0.1) is 12.7 Å². The highest BCUT2D eigenvalue weighted by Gasteiger charge is 2.13. The molecule has 0 aliphatic carbocycles. The van der Waals surface area contributed by atoms with Crippen molar-refractivity contribution in [2.24, 2.45) is 0 Å². The van der Waals surface area contributed by atoms with Gasteiger partial charge in [-0.2, -0.15) is 0 Å². The zero-order valence-corrected chi connectivity index (χ0v) is 15.8. The van der Waals surface area contributed by atoms with Gasteiger partial charge in [0.1, 0.15) is 17.1 Å². The third kappa shape index (κ3) is 3.89. The van der Waals surface area contributed by atoms with Gasteiger partial charge in [0.15, 0.2) is 6.61 Å². The van der Waals surface area contributed by atoms with E-state index < -0.39 is 5.63 Å². The van der Waals surface area contributed by atoms with Gasteiger partial charge in [-0.15, -0.1) is 0 Å². The Kier molecular flexibility index (Phi) is 5.12. The van der Waals surface area contributed by atoms with E-state index in [-0.39, 0.29) is 12.4 Å². The first kappa shape index (κ1) is 18.5. The summed E-state index contributed by atoms with van der Waals surface area (Å²) in [5.74, 6) is 0.731. The van der Waals surface area contributed by atoms with Crippen molar-refractivity contribution in [2.45, 2.75) is 0 Å². The van der Waals surface area contributed by atoms with E-state index in [1.54, 1.807) is 36.4 Å². The molecular weight excluding hydrogens is 368 g/mol. The molecule has 0 fully saturated rings. The van der Waals surface area contributed by atoms with Crippen LogP contribution in [0.3, 0.4) is 0 Å². The summed E-state index contributed by atoms with van der Waals surface area (Å²) in [4.78, 5) is 24.5. The zero-order chi connectivity index (χ0) is 20.2. The van der Waals surface area contributed by atoms with Gasteiger partial charge in [0.2, 0.25) is 5.78 Å². The van der Waals surface area contributed by atoms with Gasteiger partial charge in [-0.1, -0.05) is 42.5 Å². The van der Waals surface area contributed by atoms with Gasteiger partial charge in [0, 0.05) is 17.5 Å². The maximum Gasteiger partial charge on any atom is 0.336 e. The minimum absolute atomic E-state index is 0.158. The van der Waals surface area contributed by atoms with E-state index in [0.717, 1.165) is 16.5 Å². The topological polar surface area (TPSA) is 65.7 Å². The number of hydrogen-bond donors (Lipinski definition) is 0. The van der Waals surface area contributed by atoms with Crippen molar-refractivity contribution in [1.82, 2.24) is 0 Å². The molecule has 1 heterocycles. The van der Waals surface area contributed by atoms with Crippen LogP contribution in [0.1, 0.15) is 10.4 Å². The minimum atomic E-state index is -0.446. The fourth-order valence-corrected chi connectivity index (χ4v) is 3.19. The van der Waals surface area contributed by atoms with Gasteiger partial charge in [-0.25, -0.2) is 4.79 Å². The molecule has 0 amide bonds. The molecule has 5 nitrogen and oxygen atoms in total. The summed E-state index contributed by atoms with van der Waals surface area (Å²) in [6.45, 7) is -0.158. The zero-order valence-electron chi connectivity index (χ0n) is 15.8. The molecule has 0 atom stereocenters. The maximum absolute atomic E-state index is 12.5. The van der Waals surface area contributed by atoms with Crippen LogP contribution in [0.2, 0.25) is 0 Å². The van der Waals surface area contributed by atoms with Crippen LogP contribution in [0.15, 0.2) is 88.1 Å². The lowest BCUT2D eigenvalue weighted by Crippen LogP contribution is -2.12. The number of fused-ring (bicyclic) bond motifs is 1. The SMILES string of the molecule is COc1ccccc1C(=O)COc1ccc2c(-c3ccccc3)cc(=O)oc2c1. The largest absolute Gasteiger partial charge is 0.496 e. The normalized spacial score (nSPS) is 10.7. The van der Waals surface area contributed by atoms with Crippen LogP contribution in [0.4, 0.5) is 0 Å². The summed E-state index contributed by atoms with van der Waals surface area (Å²) < 4.78 is 16.2. The molecule has 0 bridgehead atoms. The molecule has 0 N–H and O–H groups in total. The Balaban J connectivity index is 1.61. The van der Waals surface area contributed by atoms with E-state index in [0.29, 0.717) is 22.6 Å². The smallest absolute Gasteiger partial charge is 0.336 e. The monoisotopic (exact) mass is 386 g/mol. The predicted octanol–water partition coefficient (Wildman–Crippen LogP) is 4.73. The summed E-state index contributed by atoms with van der Waals surface area (Å²) in [7, 11) is 1.52. The highest BCUT2D eigenvalue weighted by atomic mass is 16.5. The van der Waals surface area contributed by atoms with E-state index in [9.17, 15) is 9.59 Å². The molecule has 3 aromatic carbocycles. The van der Waals surface area contributed by atoms with E-state index in [1.165, 1.54) is 13.2 Å². The second kappa shape index (κ2) is 8.02. The van der Waals surface area contributed by atoms with Crippen LogP contribution in [-0.2, 0) is 0 Å². The number of ketones is 1. The average Bonchev–Trinajstić information content (AvgIpc) is 2.77. The average molecular weight is 386 g/mol. The molecule has 5 heteroatoms. The predicted molar refractivity (Wildman–Crippen MR) is 111 cm³/mol. The number of hydrogen-bond acceptors (Lipinski definition) is 5. The highest BCUT2D eigenvalue weighted by molar-refractivity contribution is 6.00. The molecule has 0 unspecified atom stereocenters. The summed E-state index contributed by atoms with van der Waals surface area (Å²) in [6.07, 6.45) is 0. The van der Waals surface area contributed by atoms with Crippen LogP contribution in [0.25, 0.3) is 22.1 Å². The number of carbonyl (C=O) groups is 1. The Labute approximate surface area is 167 Å². The van der Waals surface area contributed by atoms with E-state index in [4.69, 9.17) is 13.9 Å². The first-order valence-corrected chi connectivity index (χ1v) is 9.08. The molecule has 4 rings (SSSR count). The number of carbonyl (C=O) groups excluding carboxylic acids is 1. The lowest BCUT2D eigenvalue weighted by atomic mass is 10.0. The standard InChI is InChI=1S/C24H18O5/c1-27-22-10-6-5-9-19(22)21(25)15-28-17-11-12-18-20(16-7-3-2-4-8-16)14-24(26)29-23(18)13-17/h2-14H,15H2,1H3. The van der Waals surface area contributed by atoms with Crippen molar-refractivity contribution >= 4 is 16.8 Å². The first-order chi connectivity index (χ1) is 14.2. The summed E-state index contributed by atoms with van der Waals surface area (Å²) >= 11 is 0. The Morgan fingerprint density at radius 2 is 1.69 bits per heavy atom. The molecule has 0 spiro atoms. The molecule has 29 heavy (non-hydrogen) atoms. The van der Waals surface area contributed by atoms with Gasteiger partial charge in [-0.05, 0) is 35.4 Å². The third-order valence-electron chi connectivity index (χ3n) is 4.58. The molecule has 1 aromatic heterocycles. The van der Waals surface area contributed by atoms with E-state index in [2.05, 4.69) is 0 Å². The number of methoxy groups -OCH3 is 1. The molecule has 0 radical (unpaired) electrons. The van der Waals surface area contributed by atoms with Crippen molar-refractivity contribution in [1.29, 1.82) is 0 Å². The quantitative estimate of drug-likeness (QED) is 0.354. The van der Waals surface area contributed by atoms with Crippen LogP contribution >= 0.6 is 0 Å². The number of ether oxygens (including phenoxy) is 2. The third-order valence-corrected chi connectivity index (χ3v) is 4.58. The Hall–Kier alpha value is -3.86. The van der Waals surface area contributed by atoms with Gasteiger partial charge >= 0.3 is 5.63 Å². The summed E-state index contributed by atoms with van der Waals surface area (Å²) in [5, 5.41) is 0.791. The highest BCUT2D eigenvalue weighted by Crippen LogP contribution is 2.29. The van der Waals surface area contributed by atoms with Crippen molar-refractivity contribution in [2.75, 3.05) is 13.7 Å². The van der Waals surface area contributed by atoms with Gasteiger partial charge < -0.3 is 13.9 Å². The van der Waals surface area contributed by atoms with E-state index >= 15 is 0 Å². The van der Waals surface area contributed by atoms with E-state index in [1.807, 2.05) is 36.4 Å². The number of rotatable bonds is 6. The molecular formula is C24H18O5. The van der Waals surface area contributed by atoms with Crippen LogP contribution in [0, 0.1) is 0 Å². The van der Waals surface area contributed by atoms with Gasteiger partial charge in [-0.3, -0.25) is 4.79 Å². The summed E-state index contributed by atoms with van der Waals surface area (Å²) in [5.41, 5.74) is 2.12. The van der Waals surface area contributed by atoms with Crippen LogP contribution in [-0.4, -0.2) is 19.5 Å². The first-order valence-electron chi connectivity index (χ1n) is 9.08.